The van der Waals surface area contributed by atoms with Crippen LogP contribution in [-0.2, 0) is 13.0 Å². The van der Waals surface area contributed by atoms with Gasteiger partial charge in [0.05, 0.1) is 6.54 Å². The number of carbonyl (C=O) groups excluding carboxylic acids is 1. The van der Waals surface area contributed by atoms with Crippen molar-refractivity contribution in [3.8, 4) is 11.4 Å². The second kappa shape index (κ2) is 11.0. The number of hydrogen-bond acceptors (Lipinski definition) is 5. The molecule has 3 aromatic rings. The van der Waals surface area contributed by atoms with Gasteiger partial charge in [-0.15, -0.1) is 10.2 Å². The largest absolute Gasteiger partial charge is 0.336 e. The van der Waals surface area contributed by atoms with Crippen LogP contribution in [0.25, 0.3) is 11.4 Å². The quantitative estimate of drug-likeness (QED) is 0.484. The molecule has 1 amide bonds. The second-order valence-electron chi connectivity index (χ2n) is 8.32. The molecule has 0 aliphatic carbocycles. The predicted molar refractivity (Wildman–Crippen MR) is 125 cm³/mol. The molecule has 2 heterocycles. The van der Waals surface area contributed by atoms with Crippen LogP contribution in [0.3, 0.4) is 0 Å². The molecule has 1 aliphatic heterocycles. The van der Waals surface area contributed by atoms with Gasteiger partial charge in [0.25, 0.3) is 5.91 Å². The summed E-state index contributed by atoms with van der Waals surface area (Å²) >= 11 is 0. The van der Waals surface area contributed by atoms with Crippen LogP contribution in [0.1, 0.15) is 42.1 Å². The van der Waals surface area contributed by atoms with Gasteiger partial charge in [-0.3, -0.25) is 9.69 Å². The molecule has 0 N–H and O–H groups in total. The summed E-state index contributed by atoms with van der Waals surface area (Å²) in [6.07, 6.45) is 4.31. The van der Waals surface area contributed by atoms with Gasteiger partial charge in [-0.2, -0.15) is 4.80 Å². The fourth-order valence-corrected chi connectivity index (χ4v) is 4.05. The molecular weight excluding hydrogens is 400 g/mol. The minimum Gasteiger partial charge on any atom is -0.336 e. The summed E-state index contributed by atoms with van der Waals surface area (Å²) in [6.45, 7) is 7.50. The van der Waals surface area contributed by atoms with Gasteiger partial charge < -0.3 is 4.90 Å². The van der Waals surface area contributed by atoms with Crippen LogP contribution in [0.4, 0.5) is 0 Å². The van der Waals surface area contributed by atoms with E-state index < -0.39 is 0 Å². The maximum atomic E-state index is 12.7. The van der Waals surface area contributed by atoms with E-state index in [0.29, 0.717) is 5.82 Å². The monoisotopic (exact) mass is 432 g/mol. The Morgan fingerprint density at radius 3 is 2.31 bits per heavy atom. The second-order valence-corrected chi connectivity index (χ2v) is 8.32. The Labute approximate surface area is 190 Å². The lowest BCUT2D eigenvalue weighted by Crippen LogP contribution is -2.48. The maximum absolute atomic E-state index is 12.7. The topological polar surface area (TPSA) is 67.2 Å². The van der Waals surface area contributed by atoms with E-state index in [1.54, 1.807) is 4.80 Å². The highest BCUT2D eigenvalue weighted by Gasteiger charge is 2.21. The number of carbonyl (C=O) groups is 1. The lowest BCUT2D eigenvalue weighted by molar-refractivity contribution is 0.0635. The minimum atomic E-state index is 0.155. The van der Waals surface area contributed by atoms with E-state index in [1.165, 1.54) is 5.56 Å². The Bertz CT molecular complexity index is 977. The van der Waals surface area contributed by atoms with Gasteiger partial charge in [-0.25, -0.2) is 0 Å². The Morgan fingerprint density at radius 1 is 0.875 bits per heavy atom. The minimum absolute atomic E-state index is 0.155. The molecule has 7 heteroatoms. The van der Waals surface area contributed by atoms with Crippen molar-refractivity contribution < 1.29 is 4.79 Å². The average Bonchev–Trinajstić information content (AvgIpc) is 3.33. The first-order valence-electron chi connectivity index (χ1n) is 11.7. The first-order chi connectivity index (χ1) is 15.7. The third-order valence-electron chi connectivity index (χ3n) is 6.09. The number of aromatic nitrogens is 4. The lowest BCUT2D eigenvalue weighted by Gasteiger charge is -2.34. The number of tetrazole rings is 1. The number of rotatable bonds is 9. The molecule has 0 bridgehead atoms. The summed E-state index contributed by atoms with van der Waals surface area (Å²) < 4.78 is 0. The number of piperazine rings is 1. The summed E-state index contributed by atoms with van der Waals surface area (Å²) in [5, 5.41) is 12.8. The van der Waals surface area contributed by atoms with E-state index in [-0.39, 0.29) is 5.91 Å². The van der Waals surface area contributed by atoms with E-state index in [2.05, 4.69) is 39.4 Å². The summed E-state index contributed by atoms with van der Waals surface area (Å²) in [7, 11) is 0. The molecule has 1 saturated heterocycles. The molecule has 32 heavy (non-hydrogen) atoms. The van der Waals surface area contributed by atoms with Crippen molar-refractivity contribution in [3.05, 3.63) is 65.7 Å². The van der Waals surface area contributed by atoms with Crippen LogP contribution in [0.15, 0.2) is 54.6 Å². The van der Waals surface area contributed by atoms with Gasteiger partial charge in [0, 0.05) is 37.3 Å². The molecule has 0 unspecified atom stereocenters. The van der Waals surface area contributed by atoms with Gasteiger partial charge in [0.15, 0.2) is 0 Å². The Balaban J connectivity index is 1.12. The van der Waals surface area contributed by atoms with Crippen molar-refractivity contribution in [1.82, 2.24) is 30.0 Å². The fourth-order valence-electron chi connectivity index (χ4n) is 4.05. The van der Waals surface area contributed by atoms with Crippen molar-refractivity contribution in [2.45, 2.75) is 39.2 Å². The average molecular weight is 433 g/mol. The molecule has 0 radical (unpaired) electrons. The number of benzene rings is 2. The molecule has 1 aliphatic rings. The van der Waals surface area contributed by atoms with Crippen LogP contribution in [0.2, 0.25) is 0 Å². The fraction of sp³-hybridized carbons (Fsp3) is 0.440. The highest BCUT2D eigenvalue weighted by molar-refractivity contribution is 5.94. The van der Waals surface area contributed by atoms with Crippen LogP contribution in [0, 0.1) is 0 Å². The number of nitrogens with zero attached hydrogens (tertiary/aromatic N) is 6. The molecule has 1 fully saturated rings. The van der Waals surface area contributed by atoms with Gasteiger partial charge in [0.2, 0.25) is 5.82 Å². The highest BCUT2D eigenvalue weighted by atomic mass is 16.2. The van der Waals surface area contributed by atoms with Crippen LogP contribution in [-0.4, -0.2) is 68.6 Å². The molecule has 0 saturated carbocycles. The van der Waals surface area contributed by atoms with Crippen molar-refractivity contribution in [2.75, 3.05) is 32.7 Å². The SMILES string of the molecule is CCc1ccc(C(=O)N2CCN(CCCCCn3nnc(-c4ccccc4)n3)CC2)cc1. The normalized spacial score (nSPS) is 14.6. The standard InChI is InChI=1S/C25H32N6O/c1-2-21-11-13-23(14-12-21)25(32)30-19-17-29(18-20-30)15-7-4-8-16-31-27-24(26-28-31)22-9-5-3-6-10-22/h3,5-6,9-14H,2,4,7-8,15-20H2,1H3. The predicted octanol–water partition coefficient (Wildman–Crippen LogP) is 3.53. The molecular formula is C25H32N6O. The Morgan fingerprint density at radius 2 is 1.59 bits per heavy atom. The summed E-state index contributed by atoms with van der Waals surface area (Å²) in [5.74, 6) is 0.835. The molecule has 2 aromatic carbocycles. The molecule has 0 spiro atoms. The zero-order valence-electron chi connectivity index (χ0n) is 18.9. The van der Waals surface area contributed by atoms with E-state index in [4.69, 9.17) is 0 Å². The number of hydrogen-bond donors (Lipinski definition) is 0. The highest BCUT2D eigenvalue weighted by Crippen LogP contribution is 2.13. The maximum Gasteiger partial charge on any atom is 0.253 e. The third kappa shape index (κ3) is 5.79. The first-order valence-corrected chi connectivity index (χ1v) is 11.7. The van der Waals surface area contributed by atoms with Crippen LogP contribution in [0.5, 0.6) is 0 Å². The van der Waals surface area contributed by atoms with Gasteiger partial charge >= 0.3 is 0 Å². The molecule has 7 nitrogen and oxygen atoms in total. The molecule has 4 rings (SSSR count). The third-order valence-corrected chi connectivity index (χ3v) is 6.09. The zero-order valence-corrected chi connectivity index (χ0v) is 18.9. The first kappa shape index (κ1) is 22.1. The van der Waals surface area contributed by atoms with Crippen molar-refractivity contribution in [1.29, 1.82) is 0 Å². The lowest BCUT2D eigenvalue weighted by atomic mass is 10.1. The van der Waals surface area contributed by atoms with E-state index >= 15 is 0 Å². The summed E-state index contributed by atoms with van der Waals surface area (Å²) in [4.78, 5) is 18.9. The van der Waals surface area contributed by atoms with Crippen LogP contribution >= 0.6 is 0 Å². The Kier molecular flexibility index (Phi) is 7.61. The van der Waals surface area contributed by atoms with E-state index in [0.717, 1.165) is 76.1 Å². The van der Waals surface area contributed by atoms with Crippen molar-refractivity contribution >= 4 is 5.91 Å². The smallest absolute Gasteiger partial charge is 0.253 e. The summed E-state index contributed by atoms with van der Waals surface area (Å²) in [5.41, 5.74) is 3.06. The van der Waals surface area contributed by atoms with Gasteiger partial charge in [0.1, 0.15) is 0 Å². The molecule has 168 valence electrons. The molecule has 0 atom stereocenters. The summed E-state index contributed by atoms with van der Waals surface area (Å²) in [6, 6.07) is 18.0. The van der Waals surface area contributed by atoms with Gasteiger partial charge in [-0.05, 0) is 48.7 Å². The number of unbranched alkanes of at least 4 members (excludes halogenated alkanes) is 2. The Hall–Kier alpha value is -3.06. The van der Waals surface area contributed by atoms with Crippen LogP contribution < -0.4 is 0 Å². The van der Waals surface area contributed by atoms with Gasteiger partial charge in [-0.1, -0.05) is 55.8 Å². The van der Waals surface area contributed by atoms with Crippen molar-refractivity contribution in [2.24, 2.45) is 0 Å². The number of aryl methyl sites for hydroxylation is 2. The molecule has 1 aromatic heterocycles. The van der Waals surface area contributed by atoms with E-state index in [9.17, 15) is 4.79 Å². The number of amides is 1. The zero-order chi connectivity index (χ0) is 22.2. The van der Waals surface area contributed by atoms with E-state index in [1.807, 2.05) is 47.4 Å². The van der Waals surface area contributed by atoms with Crippen molar-refractivity contribution in [3.63, 3.8) is 0 Å².